The lowest BCUT2D eigenvalue weighted by atomic mass is 10.1. The predicted molar refractivity (Wildman–Crippen MR) is 76.4 cm³/mol. The Balaban J connectivity index is 3.08. The van der Waals surface area contributed by atoms with E-state index in [2.05, 4.69) is 15.9 Å². The highest BCUT2D eigenvalue weighted by Crippen LogP contribution is 2.25. The number of carbonyl (C=O) groups is 1. The van der Waals surface area contributed by atoms with E-state index in [1.807, 2.05) is 13.8 Å². The molecule has 0 radical (unpaired) electrons. The van der Waals surface area contributed by atoms with Crippen LogP contribution >= 0.6 is 39.1 Å². The summed E-state index contributed by atoms with van der Waals surface area (Å²) in [4.78, 5) is 13.9. The summed E-state index contributed by atoms with van der Waals surface area (Å²) in [6, 6.07) is 4.88. The van der Waals surface area contributed by atoms with Crippen LogP contribution in [-0.4, -0.2) is 28.7 Å². The molecular formula is C12H14BrCl2NO. The molecule has 0 aliphatic heterocycles. The van der Waals surface area contributed by atoms with Crippen molar-refractivity contribution in [3.63, 3.8) is 0 Å². The topological polar surface area (TPSA) is 20.3 Å². The van der Waals surface area contributed by atoms with Gasteiger partial charge in [-0.05, 0) is 32.0 Å². The van der Waals surface area contributed by atoms with Gasteiger partial charge in [-0.2, -0.15) is 0 Å². The molecule has 0 heterocycles. The molecule has 1 aromatic rings. The van der Waals surface area contributed by atoms with Crippen molar-refractivity contribution in [3.05, 3.63) is 33.8 Å². The molecule has 1 amide bonds. The third-order valence-electron chi connectivity index (χ3n) is 2.70. The Labute approximate surface area is 120 Å². The lowest BCUT2D eigenvalue weighted by molar-refractivity contribution is 0.0664. The second kappa shape index (κ2) is 5.59. The number of carbonyl (C=O) groups excluding carboxylic acids is 1. The van der Waals surface area contributed by atoms with Crippen LogP contribution in [0.15, 0.2) is 18.2 Å². The van der Waals surface area contributed by atoms with E-state index in [-0.39, 0.29) is 11.4 Å². The van der Waals surface area contributed by atoms with Gasteiger partial charge < -0.3 is 4.90 Å². The number of amides is 1. The molecule has 5 heteroatoms. The van der Waals surface area contributed by atoms with Gasteiger partial charge in [-0.15, -0.1) is 0 Å². The summed E-state index contributed by atoms with van der Waals surface area (Å²) in [5, 5.41) is 1.60. The monoisotopic (exact) mass is 337 g/mol. The molecule has 0 spiro atoms. The Morgan fingerprint density at radius 2 is 2.00 bits per heavy atom. The smallest absolute Gasteiger partial charge is 0.255 e. The summed E-state index contributed by atoms with van der Waals surface area (Å²) >= 11 is 15.3. The molecule has 0 atom stereocenters. The number of hydrogen-bond donors (Lipinski definition) is 0. The Bertz CT molecular complexity index is 435. The SMILES string of the molecule is CN(C(=O)c1cc(Cl)ccc1Cl)C(C)(C)CBr. The third-order valence-corrected chi connectivity index (χ3v) is 4.64. The zero-order valence-electron chi connectivity index (χ0n) is 9.93. The van der Waals surface area contributed by atoms with Gasteiger partial charge in [0.2, 0.25) is 0 Å². The Hall–Kier alpha value is -0.250. The normalized spacial score (nSPS) is 11.4. The number of halogens is 3. The van der Waals surface area contributed by atoms with E-state index in [9.17, 15) is 4.79 Å². The van der Waals surface area contributed by atoms with Gasteiger partial charge in [0.05, 0.1) is 10.6 Å². The highest BCUT2D eigenvalue weighted by atomic mass is 79.9. The van der Waals surface area contributed by atoms with E-state index in [1.165, 1.54) is 0 Å². The van der Waals surface area contributed by atoms with Gasteiger partial charge in [0.25, 0.3) is 5.91 Å². The van der Waals surface area contributed by atoms with Crippen LogP contribution in [-0.2, 0) is 0 Å². The standard InChI is InChI=1S/C12H14BrCl2NO/c1-12(2,7-13)16(3)11(17)9-6-8(14)4-5-10(9)15/h4-6H,7H2,1-3H3. The molecule has 2 nitrogen and oxygen atoms in total. The van der Waals surface area contributed by atoms with Gasteiger partial charge in [0.15, 0.2) is 0 Å². The second-order valence-corrected chi connectivity index (χ2v) is 5.84. The highest BCUT2D eigenvalue weighted by Gasteiger charge is 2.28. The summed E-state index contributed by atoms with van der Waals surface area (Å²) < 4.78 is 0. The first kappa shape index (κ1) is 14.8. The van der Waals surface area contributed by atoms with Gasteiger partial charge in [0.1, 0.15) is 0 Å². The first-order chi connectivity index (χ1) is 7.79. The Kier molecular flexibility index (Phi) is 4.87. The van der Waals surface area contributed by atoms with Crippen molar-refractivity contribution in [1.82, 2.24) is 4.90 Å². The molecule has 0 aliphatic rings. The maximum Gasteiger partial charge on any atom is 0.255 e. The average Bonchev–Trinajstić information content (AvgIpc) is 2.30. The van der Waals surface area contributed by atoms with E-state index < -0.39 is 0 Å². The van der Waals surface area contributed by atoms with Crippen molar-refractivity contribution < 1.29 is 4.79 Å². The van der Waals surface area contributed by atoms with Crippen LogP contribution in [0.4, 0.5) is 0 Å². The number of alkyl halides is 1. The molecule has 1 aromatic carbocycles. The molecule has 0 bridgehead atoms. The molecule has 0 aromatic heterocycles. The molecular weight excluding hydrogens is 325 g/mol. The zero-order valence-corrected chi connectivity index (χ0v) is 13.0. The first-order valence-corrected chi connectivity index (χ1v) is 6.96. The molecule has 0 N–H and O–H groups in total. The summed E-state index contributed by atoms with van der Waals surface area (Å²) in [6.45, 7) is 3.94. The largest absolute Gasteiger partial charge is 0.336 e. The van der Waals surface area contributed by atoms with Gasteiger partial charge in [-0.25, -0.2) is 0 Å². The molecule has 0 saturated carbocycles. The van der Waals surface area contributed by atoms with Crippen LogP contribution in [0.25, 0.3) is 0 Å². The molecule has 1 rings (SSSR count). The number of rotatable bonds is 3. The van der Waals surface area contributed by atoms with E-state index in [0.29, 0.717) is 20.9 Å². The van der Waals surface area contributed by atoms with Crippen LogP contribution in [0.5, 0.6) is 0 Å². The van der Waals surface area contributed by atoms with Crippen molar-refractivity contribution in [2.75, 3.05) is 12.4 Å². The molecule has 0 saturated heterocycles. The number of nitrogens with zero attached hydrogens (tertiary/aromatic N) is 1. The lowest BCUT2D eigenvalue weighted by Crippen LogP contribution is -2.46. The molecule has 0 unspecified atom stereocenters. The lowest BCUT2D eigenvalue weighted by Gasteiger charge is -2.34. The van der Waals surface area contributed by atoms with Crippen LogP contribution in [0, 0.1) is 0 Å². The van der Waals surface area contributed by atoms with Crippen molar-refractivity contribution >= 4 is 45.0 Å². The molecule has 0 aliphatic carbocycles. The average molecular weight is 339 g/mol. The van der Waals surface area contributed by atoms with Crippen molar-refractivity contribution in [3.8, 4) is 0 Å². The second-order valence-electron chi connectivity index (χ2n) is 4.43. The zero-order chi connectivity index (χ0) is 13.2. The minimum atomic E-state index is -0.289. The molecule has 94 valence electrons. The fourth-order valence-electron chi connectivity index (χ4n) is 1.21. The van der Waals surface area contributed by atoms with Crippen LogP contribution < -0.4 is 0 Å². The van der Waals surface area contributed by atoms with Crippen LogP contribution in [0.2, 0.25) is 10.0 Å². The summed E-state index contributed by atoms with van der Waals surface area (Å²) in [6.07, 6.45) is 0. The third kappa shape index (κ3) is 3.36. The Morgan fingerprint density at radius 3 is 2.53 bits per heavy atom. The maximum atomic E-state index is 12.3. The van der Waals surface area contributed by atoms with Crippen LogP contribution in [0.1, 0.15) is 24.2 Å². The minimum absolute atomic E-state index is 0.137. The summed E-state index contributed by atoms with van der Waals surface area (Å²) in [5.41, 5.74) is 0.138. The van der Waals surface area contributed by atoms with Gasteiger partial charge in [-0.3, -0.25) is 4.79 Å². The van der Waals surface area contributed by atoms with E-state index in [0.717, 1.165) is 0 Å². The number of benzene rings is 1. The van der Waals surface area contributed by atoms with Gasteiger partial charge in [0, 0.05) is 22.9 Å². The molecule has 0 fully saturated rings. The fourth-order valence-corrected chi connectivity index (χ4v) is 1.95. The fraction of sp³-hybridized carbons (Fsp3) is 0.417. The van der Waals surface area contributed by atoms with E-state index in [4.69, 9.17) is 23.2 Å². The van der Waals surface area contributed by atoms with Gasteiger partial charge >= 0.3 is 0 Å². The summed E-state index contributed by atoms with van der Waals surface area (Å²) in [5.74, 6) is -0.137. The first-order valence-electron chi connectivity index (χ1n) is 5.09. The van der Waals surface area contributed by atoms with E-state index >= 15 is 0 Å². The number of hydrogen-bond acceptors (Lipinski definition) is 1. The van der Waals surface area contributed by atoms with Crippen molar-refractivity contribution in [2.24, 2.45) is 0 Å². The predicted octanol–water partition coefficient (Wildman–Crippen LogP) is 4.24. The van der Waals surface area contributed by atoms with Crippen molar-refractivity contribution in [1.29, 1.82) is 0 Å². The summed E-state index contributed by atoms with van der Waals surface area (Å²) in [7, 11) is 1.75. The van der Waals surface area contributed by atoms with Gasteiger partial charge in [-0.1, -0.05) is 39.1 Å². The van der Waals surface area contributed by atoms with Crippen molar-refractivity contribution in [2.45, 2.75) is 19.4 Å². The maximum absolute atomic E-state index is 12.3. The minimum Gasteiger partial charge on any atom is -0.336 e. The van der Waals surface area contributed by atoms with Crippen LogP contribution in [0.3, 0.4) is 0 Å². The Morgan fingerprint density at radius 1 is 1.41 bits per heavy atom. The quantitative estimate of drug-likeness (QED) is 0.755. The van der Waals surface area contributed by atoms with E-state index in [1.54, 1.807) is 30.1 Å². The highest BCUT2D eigenvalue weighted by molar-refractivity contribution is 9.09. The molecule has 17 heavy (non-hydrogen) atoms.